The van der Waals surface area contributed by atoms with Gasteiger partial charge in [0.2, 0.25) is 0 Å². The fourth-order valence-electron chi connectivity index (χ4n) is 2.82. The molecule has 0 bridgehead atoms. The van der Waals surface area contributed by atoms with Gasteiger partial charge in [-0.15, -0.1) is 11.3 Å². The van der Waals surface area contributed by atoms with E-state index in [9.17, 15) is 14.7 Å². The van der Waals surface area contributed by atoms with Gasteiger partial charge in [-0.05, 0) is 67.0 Å². The number of aliphatic hydroxyl groups excluding tert-OH is 1. The van der Waals surface area contributed by atoms with Gasteiger partial charge in [-0.3, -0.25) is 9.59 Å². The van der Waals surface area contributed by atoms with Crippen molar-refractivity contribution in [2.45, 2.75) is 38.5 Å². The number of fused-ring (bicyclic) bond motifs is 1. The summed E-state index contributed by atoms with van der Waals surface area (Å²) in [5.41, 5.74) is 0.231. The molecule has 1 aliphatic heterocycles. The lowest BCUT2D eigenvalue weighted by Crippen LogP contribution is -2.53. The molecule has 132 valence electrons. The number of hydrogen-bond acceptors (Lipinski definition) is 5. The Morgan fingerprint density at radius 3 is 2.60 bits per heavy atom. The number of ether oxygens (including phenoxy) is 1. The van der Waals surface area contributed by atoms with Gasteiger partial charge in [0.25, 0.3) is 5.91 Å². The molecule has 25 heavy (non-hydrogen) atoms. The van der Waals surface area contributed by atoms with Gasteiger partial charge >= 0.3 is 0 Å². The van der Waals surface area contributed by atoms with E-state index in [-0.39, 0.29) is 11.7 Å². The molecule has 2 heterocycles. The molecule has 2 atom stereocenters. The summed E-state index contributed by atoms with van der Waals surface area (Å²) in [6.07, 6.45) is -0.963. The standard InChI is InChI=1S/C18H18BrNO4S/c1-9(21)10-4-5-12-11(8-10)15(16(22)18(2,3)24-12)20-17(23)13-6-7-14(19)25-13/h4-8,15-16,22H,1-3H3,(H,20,23)/t15-,16+/m1/s1. The molecule has 1 aromatic heterocycles. The predicted octanol–water partition coefficient (Wildman–Crippen LogP) is 3.72. The third-order valence-electron chi connectivity index (χ3n) is 4.24. The van der Waals surface area contributed by atoms with E-state index in [4.69, 9.17) is 4.74 Å². The molecule has 0 spiro atoms. The van der Waals surface area contributed by atoms with Gasteiger partial charge in [0, 0.05) is 11.1 Å². The maximum Gasteiger partial charge on any atom is 0.261 e. The van der Waals surface area contributed by atoms with Crippen LogP contribution in [-0.2, 0) is 0 Å². The van der Waals surface area contributed by atoms with Crippen molar-refractivity contribution in [3.63, 3.8) is 0 Å². The molecule has 0 radical (unpaired) electrons. The van der Waals surface area contributed by atoms with Crippen molar-refractivity contribution in [2.75, 3.05) is 0 Å². The molecule has 2 aromatic rings. The molecule has 7 heteroatoms. The lowest BCUT2D eigenvalue weighted by Gasteiger charge is -2.42. The molecule has 5 nitrogen and oxygen atoms in total. The number of rotatable bonds is 3. The summed E-state index contributed by atoms with van der Waals surface area (Å²) in [5.74, 6) is 0.184. The van der Waals surface area contributed by atoms with E-state index in [1.165, 1.54) is 18.3 Å². The van der Waals surface area contributed by atoms with Crippen molar-refractivity contribution in [1.82, 2.24) is 5.32 Å². The lowest BCUT2D eigenvalue weighted by atomic mass is 9.85. The third kappa shape index (κ3) is 3.49. The van der Waals surface area contributed by atoms with Gasteiger partial charge in [0.05, 0.1) is 14.7 Å². The van der Waals surface area contributed by atoms with E-state index < -0.39 is 17.7 Å². The molecule has 0 unspecified atom stereocenters. The molecular weight excluding hydrogens is 406 g/mol. The van der Waals surface area contributed by atoms with Crippen LogP contribution < -0.4 is 10.1 Å². The van der Waals surface area contributed by atoms with E-state index in [0.717, 1.165) is 3.79 Å². The SMILES string of the molecule is CC(=O)c1ccc2c(c1)[C@@H](NC(=O)c1ccc(Br)s1)[C@H](O)C(C)(C)O2. The number of carbonyl (C=O) groups is 2. The van der Waals surface area contributed by atoms with Gasteiger partial charge < -0.3 is 15.2 Å². The number of Topliss-reactive ketones (excluding diaryl/α,β-unsaturated/α-hetero) is 1. The van der Waals surface area contributed by atoms with Gasteiger partial charge in [0.15, 0.2) is 5.78 Å². The summed E-state index contributed by atoms with van der Waals surface area (Å²) in [6.45, 7) is 5.00. The van der Waals surface area contributed by atoms with Crippen LogP contribution in [0.4, 0.5) is 0 Å². The van der Waals surface area contributed by atoms with Crippen LogP contribution in [0.2, 0.25) is 0 Å². The Labute approximate surface area is 158 Å². The van der Waals surface area contributed by atoms with E-state index >= 15 is 0 Å². The van der Waals surface area contributed by atoms with Crippen LogP contribution in [0.3, 0.4) is 0 Å². The Morgan fingerprint density at radius 2 is 2.00 bits per heavy atom. The third-order valence-corrected chi connectivity index (χ3v) is 5.86. The largest absolute Gasteiger partial charge is 0.485 e. The van der Waals surface area contributed by atoms with Gasteiger partial charge in [-0.2, -0.15) is 0 Å². The first kappa shape index (κ1) is 18.1. The maximum atomic E-state index is 12.6. The second-order valence-corrected chi connectivity index (χ2v) is 8.98. The molecule has 0 fully saturated rings. The topological polar surface area (TPSA) is 75.6 Å². The molecule has 1 aliphatic rings. The number of benzene rings is 1. The molecule has 3 rings (SSSR count). The molecule has 0 aliphatic carbocycles. The van der Waals surface area contributed by atoms with Crippen molar-refractivity contribution in [3.05, 3.63) is 50.1 Å². The average molecular weight is 424 g/mol. The molecule has 0 saturated heterocycles. The fraction of sp³-hybridized carbons (Fsp3) is 0.333. The minimum absolute atomic E-state index is 0.0885. The Balaban J connectivity index is 2.00. The summed E-state index contributed by atoms with van der Waals surface area (Å²) < 4.78 is 6.72. The van der Waals surface area contributed by atoms with Crippen LogP contribution in [0.25, 0.3) is 0 Å². The summed E-state index contributed by atoms with van der Waals surface area (Å²) in [4.78, 5) is 24.8. The second kappa shape index (κ2) is 6.55. The molecule has 0 saturated carbocycles. The van der Waals surface area contributed by atoms with Crippen LogP contribution in [0, 0.1) is 0 Å². The van der Waals surface area contributed by atoms with Crippen LogP contribution >= 0.6 is 27.3 Å². The average Bonchev–Trinajstić information content (AvgIpc) is 2.97. The fourth-order valence-corrected chi connectivity index (χ4v) is 4.11. The van der Waals surface area contributed by atoms with Gasteiger partial charge in [0.1, 0.15) is 17.5 Å². The minimum Gasteiger partial charge on any atom is -0.485 e. The van der Waals surface area contributed by atoms with Crippen molar-refractivity contribution >= 4 is 39.0 Å². The summed E-state index contributed by atoms with van der Waals surface area (Å²) in [5, 5.41) is 13.6. The number of halogens is 1. The van der Waals surface area contributed by atoms with Crippen LogP contribution in [-0.4, -0.2) is 28.5 Å². The smallest absolute Gasteiger partial charge is 0.261 e. The maximum absolute atomic E-state index is 12.6. The number of carbonyl (C=O) groups excluding carboxylic acids is 2. The second-order valence-electron chi connectivity index (χ2n) is 6.51. The lowest BCUT2D eigenvalue weighted by molar-refractivity contribution is -0.0627. The highest BCUT2D eigenvalue weighted by Crippen LogP contribution is 2.40. The van der Waals surface area contributed by atoms with Crippen LogP contribution in [0.15, 0.2) is 34.1 Å². The monoisotopic (exact) mass is 423 g/mol. The summed E-state index contributed by atoms with van der Waals surface area (Å²) in [6, 6.07) is 7.90. The number of ketones is 1. The van der Waals surface area contributed by atoms with E-state index in [1.54, 1.807) is 44.2 Å². The first-order valence-electron chi connectivity index (χ1n) is 7.77. The highest BCUT2D eigenvalue weighted by molar-refractivity contribution is 9.11. The highest BCUT2D eigenvalue weighted by Gasteiger charge is 2.43. The van der Waals surface area contributed by atoms with Gasteiger partial charge in [-0.25, -0.2) is 0 Å². The van der Waals surface area contributed by atoms with Crippen LogP contribution in [0.5, 0.6) is 5.75 Å². The molecular formula is C18H18BrNO4S. The molecule has 1 aromatic carbocycles. The quantitative estimate of drug-likeness (QED) is 0.737. The predicted molar refractivity (Wildman–Crippen MR) is 99.4 cm³/mol. The minimum atomic E-state index is -0.963. The van der Waals surface area contributed by atoms with Gasteiger partial charge in [-0.1, -0.05) is 0 Å². The number of hydrogen-bond donors (Lipinski definition) is 2. The Kier molecular flexibility index (Phi) is 4.74. The van der Waals surface area contributed by atoms with E-state index in [0.29, 0.717) is 21.8 Å². The van der Waals surface area contributed by atoms with E-state index in [2.05, 4.69) is 21.2 Å². The van der Waals surface area contributed by atoms with Crippen molar-refractivity contribution in [3.8, 4) is 5.75 Å². The first-order valence-corrected chi connectivity index (χ1v) is 9.38. The summed E-state index contributed by atoms with van der Waals surface area (Å²) in [7, 11) is 0. The zero-order valence-corrected chi connectivity index (χ0v) is 16.4. The number of nitrogens with one attached hydrogen (secondary N) is 1. The summed E-state index contributed by atoms with van der Waals surface area (Å²) >= 11 is 4.65. The zero-order chi connectivity index (χ0) is 18.4. The first-order chi connectivity index (χ1) is 11.7. The molecule has 1 amide bonds. The highest BCUT2D eigenvalue weighted by atomic mass is 79.9. The molecule has 2 N–H and O–H groups in total. The van der Waals surface area contributed by atoms with Crippen LogP contribution in [0.1, 0.15) is 52.4 Å². The number of amides is 1. The Hall–Kier alpha value is -1.70. The van der Waals surface area contributed by atoms with Crippen molar-refractivity contribution in [1.29, 1.82) is 0 Å². The van der Waals surface area contributed by atoms with Crippen molar-refractivity contribution < 1.29 is 19.4 Å². The number of thiophene rings is 1. The van der Waals surface area contributed by atoms with E-state index in [1.807, 2.05) is 0 Å². The van der Waals surface area contributed by atoms with Crippen molar-refractivity contribution in [2.24, 2.45) is 0 Å². The zero-order valence-electron chi connectivity index (χ0n) is 14.0. The normalized spacial score (nSPS) is 21.2. The number of aliphatic hydroxyl groups is 1. The Morgan fingerprint density at radius 1 is 1.28 bits per heavy atom. The Bertz CT molecular complexity index is 845.